The van der Waals surface area contributed by atoms with Crippen LogP contribution < -0.4 is 15.4 Å². The number of anilines is 2. The highest BCUT2D eigenvalue weighted by Crippen LogP contribution is 2.35. The predicted octanol–water partition coefficient (Wildman–Crippen LogP) is 6.36. The Bertz CT molecular complexity index is 1360. The Morgan fingerprint density at radius 1 is 0.861 bits per heavy atom. The Morgan fingerprint density at radius 3 is 2.03 bits per heavy atom. The van der Waals surface area contributed by atoms with E-state index in [1.54, 1.807) is 18.2 Å². The molecule has 0 radical (unpaired) electrons. The molecule has 3 aromatic rings. The average molecular weight is 549 g/mol. The number of aryl methyl sites for hydroxylation is 1. The van der Waals surface area contributed by atoms with E-state index >= 15 is 0 Å². The van der Waals surface area contributed by atoms with E-state index in [0.717, 1.165) is 17.7 Å². The van der Waals surface area contributed by atoms with Crippen molar-refractivity contribution >= 4 is 46.4 Å². The lowest BCUT2D eigenvalue weighted by molar-refractivity contribution is -0.122. The molecule has 0 bridgehead atoms. The van der Waals surface area contributed by atoms with Gasteiger partial charge in [-0.05, 0) is 37.6 Å². The zero-order valence-corrected chi connectivity index (χ0v) is 19.8. The highest BCUT2D eigenvalue weighted by Gasteiger charge is 2.30. The smallest absolute Gasteiger partial charge is 0.265 e. The van der Waals surface area contributed by atoms with Gasteiger partial charge in [0.15, 0.2) is 29.4 Å². The van der Waals surface area contributed by atoms with E-state index in [9.17, 15) is 36.6 Å². The Morgan fingerprint density at radius 2 is 1.44 bits per heavy atom. The van der Waals surface area contributed by atoms with Crippen LogP contribution in [-0.4, -0.2) is 23.0 Å². The van der Waals surface area contributed by atoms with E-state index < -0.39 is 64.0 Å². The zero-order valence-electron chi connectivity index (χ0n) is 18.3. The molecular formula is C23H15Cl2F5N2O4. The minimum atomic E-state index is -2.43. The first kappa shape index (κ1) is 27.0. The first-order valence-corrected chi connectivity index (χ1v) is 10.7. The van der Waals surface area contributed by atoms with Gasteiger partial charge in [-0.3, -0.25) is 9.59 Å². The van der Waals surface area contributed by atoms with Gasteiger partial charge in [0.05, 0.1) is 21.4 Å². The molecule has 13 heteroatoms. The van der Waals surface area contributed by atoms with Gasteiger partial charge in [-0.25, -0.2) is 22.0 Å². The molecule has 2 amide bonds. The van der Waals surface area contributed by atoms with Gasteiger partial charge in [-0.2, -0.15) is 0 Å². The summed E-state index contributed by atoms with van der Waals surface area (Å²) in [6.45, 7) is 3.23. The third kappa shape index (κ3) is 5.47. The molecule has 0 fully saturated rings. The van der Waals surface area contributed by atoms with Crippen molar-refractivity contribution in [3.05, 3.63) is 80.6 Å². The SMILES string of the molecule is Cc1ccc(OC(C)C(=O)Nc2cc(O)c(NC(=O)c3c(F)c(F)c(F)c(F)c3F)cc2Cl)c(Cl)c1. The van der Waals surface area contributed by atoms with Crippen molar-refractivity contribution in [2.24, 2.45) is 0 Å². The standard InChI is InChI=1S/C23H15Cl2F5N2O4/c1-8-3-4-15(11(25)5-8)36-9(2)22(34)31-12-7-14(33)13(6-10(12)24)32-23(35)16-17(26)19(28)21(30)20(29)18(16)27/h3-7,9,33H,1-2H3,(H,31,34)(H,32,35). The van der Waals surface area contributed by atoms with E-state index in [1.807, 2.05) is 12.2 Å². The summed E-state index contributed by atoms with van der Waals surface area (Å²) in [7, 11) is 0. The highest BCUT2D eigenvalue weighted by atomic mass is 35.5. The third-order valence-corrected chi connectivity index (χ3v) is 5.40. The normalized spacial score (nSPS) is 11.7. The highest BCUT2D eigenvalue weighted by molar-refractivity contribution is 6.34. The number of halogens is 7. The molecule has 0 heterocycles. The number of carbonyl (C=O) groups is 2. The second-order valence-corrected chi connectivity index (χ2v) is 8.25. The molecule has 3 aromatic carbocycles. The number of hydrogen-bond acceptors (Lipinski definition) is 4. The second-order valence-electron chi connectivity index (χ2n) is 7.43. The number of phenols is 1. The maximum atomic E-state index is 13.9. The lowest BCUT2D eigenvalue weighted by Crippen LogP contribution is -2.30. The third-order valence-electron chi connectivity index (χ3n) is 4.79. The minimum Gasteiger partial charge on any atom is -0.506 e. The number of hydrogen-bond donors (Lipinski definition) is 3. The summed E-state index contributed by atoms with van der Waals surface area (Å²) in [5, 5.41) is 14.4. The van der Waals surface area contributed by atoms with Crippen LogP contribution in [0.1, 0.15) is 22.8 Å². The van der Waals surface area contributed by atoms with Gasteiger partial charge in [-0.15, -0.1) is 0 Å². The molecule has 0 spiro atoms. The Labute approximate surface area is 210 Å². The van der Waals surface area contributed by atoms with Crippen molar-refractivity contribution in [3.8, 4) is 11.5 Å². The van der Waals surface area contributed by atoms with Gasteiger partial charge < -0.3 is 20.5 Å². The van der Waals surface area contributed by atoms with Crippen LogP contribution in [0.5, 0.6) is 11.5 Å². The van der Waals surface area contributed by atoms with Crippen molar-refractivity contribution in [2.75, 3.05) is 10.6 Å². The van der Waals surface area contributed by atoms with Gasteiger partial charge >= 0.3 is 0 Å². The molecule has 190 valence electrons. The fraction of sp³-hybridized carbons (Fsp3) is 0.130. The Hall–Kier alpha value is -3.57. The number of aromatic hydroxyl groups is 1. The van der Waals surface area contributed by atoms with Gasteiger partial charge in [0.1, 0.15) is 17.1 Å². The molecule has 1 unspecified atom stereocenters. The van der Waals surface area contributed by atoms with E-state index in [0.29, 0.717) is 0 Å². The number of phenolic OH excluding ortho intramolecular Hbond substituents is 1. The zero-order chi connectivity index (χ0) is 26.9. The van der Waals surface area contributed by atoms with E-state index in [1.165, 1.54) is 6.92 Å². The van der Waals surface area contributed by atoms with Crippen molar-refractivity contribution in [3.63, 3.8) is 0 Å². The van der Waals surface area contributed by atoms with Crippen LogP contribution in [0.2, 0.25) is 10.0 Å². The monoisotopic (exact) mass is 548 g/mol. The van der Waals surface area contributed by atoms with Gasteiger partial charge in [0, 0.05) is 6.07 Å². The van der Waals surface area contributed by atoms with Crippen LogP contribution >= 0.6 is 23.2 Å². The van der Waals surface area contributed by atoms with Crippen LogP contribution in [0.25, 0.3) is 0 Å². The molecule has 0 aromatic heterocycles. The summed E-state index contributed by atoms with van der Waals surface area (Å²) >= 11 is 12.1. The molecule has 0 saturated carbocycles. The van der Waals surface area contributed by atoms with Crippen LogP contribution in [0.3, 0.4) is 0 Å². The van der Waals surface area contributed by atoms with Crippen LogP contribution in [0.4, 0.5) is 33.3 Å². The van der Waals surface area contributed by atoms with E-state index in [4.69, 9.17) is 27.9 Å². The minimum absolute atomic E-state index is 0.140. The molecule has 36 heavy (non-hydrogen) atoms. The topological polar surface area (TPSA) is 87.7 Å². The number of ether oxygens (including phenoxy) is 1. The summed E-state index contributed by atoms with van der Waals surface area (Å²) in [6, 6.07) is 6.71. The largest absolute Gasteiger partial charge is 0.506 e. The fourth-order valence-corrected chi connectivity index (χ4v) is 3.42. The lowest BCUT2D eigenvalue weighted by Gasteiger charge is -2.17. The molecular weight excluding hydrogens is 534 g/mol. The molecule has 0 aliphatic heterocycles. The number of benzene rings is 3. The quantitative estimate of drug-likeness (QED) is 0.145. The van der Waals surface area contributed by atoms with Gasteiger partial charge in [0.2, 0.25) is 5.82 Å². The first-order valence-electron chi connectivity index (χ1n) is 9.90. The maximum absolute atomic E-state index is 13.9. The summed E-state index contributed by atoms with van der Waals surface area (Å²) in [5.41, 5.74) is -1.57. The van der Waals surface area contributed by atoms with Crippen molar-refractivity contribution < 1.29 is 41.4 Å². The fourth-order valence-electron chi connectivity index (χ4n) is 2.93. The Balaban J connectivity index is 1.78. The molecule has 6 nitrogen and oxygen atoms in total. The summed E-state index contributed by atoms with van der Waals surface area (Å²) in [4.78, 5) is 24.7. The summed E-state index contributed by atoms with van der Waals surface area (Å²) in [6.07, 6.45) is -1.07. The summed E-state index contributed by atoms with van der Waals surface area (Å²) in [5.74, 6) is -14.7. The molecule has 1 atom stereocenters. The van der Waals surface area contributed by atoms with Crippen molar-refractivity contribution in [1.82, 2.24) is 0 Å². The van der Waals surface area contributed by atoms with Crippen molar-refractivity contribution in [1.29, 1.82) is 0 Å². The summed E-state index contributed by atoms with van der Waals surface area (Å²) < 4.78 is 73.3. The molecule has 0 aliphatic carbocycles. The number of carbonyl (C=O) groups excluding carboxylic acids is 2. The maximum Gasteiger partial charge on any atom is 0.265 e. The predicted molar refractivity (Wildman–Crippen MR) is 122 cm³/mol. The first-order chi connectivity index (χ1) is 16.8. The molecule has 3 rings (SSSR count). The van der Waals surface area contributed by atoms with Crippen LogP contribution in [0.15, 0.2) is 30.3 Å². The molecule has 0 saturated heterocycles. The second kappa shape index (κ2) is 10.6. The van der Waals surface area contributed by atoms with E-state index in [-0.39, 0.29) is 21.5 Å². The van der Waals surface area contributed by atoms with Crippen LogP contribution in [0, 0.1) is 36.0 Å². The van der Waals surface area contributed by atoms with E-state index in [2.05, 4.69) is 5.32 Å². The Kier molecular flexibility index (Phi) is 7.95. The average Bonchev–Trinajstić information content (AvgIpc) is 2.81. The number of rotatable bonds is 6. The van der Waals surface area contributed by atoms with Crippen LogP contribution in [-0.2, 0) is 4.79 Å². The molecule has 0 aliphatic rings. The molecule has 3 N–H and O–H groups in total. The van der Waals surface area contributed by atoms with Gasteiger partial charge in [-0.1, -0.05) is 29.3 Å². The van der Waals surface area contributed by atoms with Crippen molar-refractivity contribution in [2.45, 2.75) is 20.0 Å². The lowest BCUT2D eigenvalue weighted by atomic mass is 10.1. The number of amides is 2. The number of nitrogens with one attached hydrogen (secondary N) is 2. The van der Waals surface area contributed by atoms with Gasteiger partial charge in [0.25, 0.3) is 11.8 Å².